The molecule has 8 nitrogen and oxygen atoms in total. The number of para-hydroxylation sites is 1. The van der Waals surface area contributed by atoms with Crippen LogP contribution in [0.3, 0.4) is 0 Å². The molecule has 2 N–H and O–H groups in total. The lowest BCUT2D eigenvalue weighted by Gasteiger charge is -2.26. The Hall–Kier alpha value is -2.45. The Morgan fingerprint density at radius 1 is 1.36 bits per heavy atom. The highest BCUT2D eigenvalue weighted by Gasteiger charge is 2.15. The molecule has 0 amide bonds. The van der Waals surface area contributed by atoms with Crippen molar-refractivity contribution in [3.63, 3.8) is 0 Å². The first-order chi connectivity index (χ1) is 10.6. The van der Waals surface area contributed by atoms with Gasteiger partial charge in [-0.25, -0.2) is 0 Å². The summed E-state index contributed by atoms with van der Waals surface area (Å²) in [5.74, 6) is 0. The molecule has 1 aromatic carbocycles. The van der Waals surface area contributed by atoms with Gasteiger partial charge in [0.25, 0.3) is 0 Å². The molecule has 1 aromatic heterocycles. The summed E-state index contributed by atoms with van der Waals surface area (Å²) in [5.41, 5.74) is 0.782. The topological polar surface area (TPSA) is 105 Å². The maximum Gasteiger partial charge on any atom is 0.306 e. The van der Waals surface area contributed by atoms with Gasteiger partial charge in [-0.3, -0.25) is 14.8 Å². The molecule has 0 bridgehead atoms. The number of nitrogens with zero attached hydrogens (tertiary/aromatic N) is 4. The molecule has 118 valence electrons. The highest BCUT2D eigenvalue weighted by Crippen LogP contribution is 2.14. The Balaban J connectivity index is 1.98. The van der Waals surface area contributed by atoms with Crippen LogP contribution >= 0.6 is 0 Å². The molecular formula is C14H18N4O4. The van der Waals surface area contributed by atoms with E-state index in [2.05, 4.69) is 5.10 Å². The van der Waals surface area contributed by atoms with Gasteiger partial charge in [0.1, 0.15) is 12.4 Å². The van der Waals surface area contributed by atoms with Gasteiger partial charge in [-0.1, -0.05) is 18.2 Å². The van der Waals surface area contributed by atoms with Crippen LogP contribution in [0.4, 0.5) is 11.4 Å². The molecule has 0 spiro atoms. The number of rotatable bonds is 8. The molecule has 22 heavy (non-hydrogen) atoms. The molecule has 0 fully saturated rings. The lowest BCUT2D eigenvalue weighted by Crippen LogP contribution is -2.36. The molecule has 8 heteroatoms. The normalized spacial score (nSPS) is 12.1. The summed E-state index contributed by atoms with van der Waals surface area (Å²) in [6, 6.07) is 9.42. The summed E-state index contributed by atoms with van der Waals surface area (Å²) in [6.45, 7) is 0.788. The zero-order valence-electron chi connectivity index (χ0n) is 11.9. The van der Waals surface area contributed by atoms with Gasteiger partial charge in [-0.15, -0.1) is 0 Å². The first-order valence-electron chi connectivity index (χ1n) is 6.86. The van der Waals surface area contributed by atoms with E-state index in [-0.39, 0.29) is 25.4 Å². The summed E-state index contributed by atoms with van der Waals surface area (Å²) in [7, 11) is 0. The van der Waals surface area contributed by atoms with Crippen molar-refractivity contribution in [2.45, 2.75) is 12.6 Å². The van der Waals surface area contributed by atoms with E-state index in [0.717, 1.165) is 11.9 Å². The van der Waals surface area contributed by atoms with Gasteiger partial charge in [0, 0.05) is 18.8 Å². The van der Waals surface area contributed by atoms with Crippen LogP contribution in [-0.2, 0) is 6.54 Å². The van der Waals surface area contributed by atoms with E-state index >= 15 is 0 Å². The zero-order valence-corrected chi connectivity index (χ0v) is 11.9. The maximum atomic E-state index is 10.6. The van der Waals surface area contributed by atoms with Crippen LogP contribution in [0.15, 0.2) is 42.7 Å². The number of benzene rings is 1. The average molecular weight is 306 g/mol. The number of aliphatic hydroxyl groups excluding tert-OH is 2. The van der Waals surface area contributed by atoms with Gasteiger partial charge in [0.15, 0.2) is 0 Å². The second-order valence-corrected chi connectivity index (χ2v) is 4.84. The third-order valence-electron chi connectivity index (χ3n) is 3.15. The van der Waals surface area contributed by atoms with Crippen LogP contribution in [0.5, 0.6) is 0 Å². The third kappa shape index (κ3) is 4.27. The van der Waals surface area contributed by atoms with Crippen LogP contribution in [0.25, 0.3) is 0 Å². The standard InChI is InChI=1S/C14H18N4O4/c19-7-6-16(12-4-2-1-3-5-12)10-14(20)11-17-9-13(8-15-17)18(21)22/h1-5,8-9,14,19-20H,6-7,10-11H2. The number of aliphatic hydroxyl groups is 2. The van der Waals surface area contributed by atoms with E-state index in [4.69, 9.17) is 5.11 Å². The lowest BCUT2D eigenvalue weighted by atomic mass is 10.2. The number of hydrogen-bond donors (Lipinski definition) is 2. The molecule has 1 unspecified atom stereocenters. The summed E-state index contributed by atoms with van der Waals surface area (Å²) in [5, 5.41) is 33.8. The van der Waals surface area contributed by atoms with Crippen molar-refractivity contribution in [1.82, 2.24) is 9.78 Å². The van der Waals surface area contributed by atoms with Crippen molar-refractivity contribution in [2.24, 2.45) is 0 Å². The molecule has 0 saturated heterocycles. The lowest BCUT2D eigenvalue weighted by molar-refractivity contribution is -0.385. The van der Waals surface area contributed by atoms with E-state index in [1.54, 1.807) is 0 Å². The largest absolute Gasteiger partial charge is 0.395 e. The molecule has 1 heterocycles. The van der Waals surface area contributed by atoms with Crippen LogP contribution in [-0.4, -0.2) is 50.7 Å². The Labute approximate surface area is 127 Å². The third-order valence-corrected chi connectivity index (χ3v) is 3.15. The first kappa shape index (κ1) is 15.9. The Kier molecular flexibility index (Phi) is 5.45. The van der Waals surface area contributed by atoms with Gasteiger partial charge >= 0.3 is 5.69 Å². The molecule has 2 aromatic rings. The predicted octanol–water partition coefficient (Wildman–Crippen LogP) is 0.651. The minimum atomic E-state index is -0.772. The van der Waals surface area contributed by atoms with Gasteiger partial charge in [-0.2, -0.15) is 5.10 Å². The fraction of sp³-hybridized carbons (Fsp3) is 0.357. The summed E-state index contributed by atoms with van der Waals surface area (Å²) < 4.78 is 1.34. The van der Waals surface area contributed by atoms with E-state index in [1.807, 2.05) is 35.2 Å². The van der Waals surface area contributed by atoms with Gasteiger partial charge in [-0.05, 0) is 12.1 Å². The molecular weight excluding hydrogens is 288 g/mol. The molecule has 2 rings (SSSR count). The number of hydrogen-bond acceptors (Lipinski definition) is 6. The minimum Gasteiger partial charge on any atom is -0.395 e. The first-order valence-corrected chi connectivity index (χ1v) is 6.86. The highest BCUT2D eigenvalue weighted by molar-refractivity contribution is 5.46. The van der Waals surface area contributed by atoms with E-state index in [9.17, 15) is 15.2 Å². The Bertz CT molecular complexity index is 602. The smallest absolute Gasteiger partial charge is 0.306 e. The highest BCUT2D eigenvalue weighted by atomic mass is 16.6. The molecule has 0 aliphatic rings. The molecule has 0 aliphatic carbocycles. The van der Waals surface area contributed by atoms with Crippen molar-refractivity contribution in [3.05, 3.63) is 52.8 Å². The van der Waals surface area contributed by atoms with Crippen LogP contribution in [0.1, 0.15) is 0 Å². The number of aromatic nitrogens is 2. The quantitative estimate of drug-likeness (QED) is 0.548. The fourth-order valence-electron chi connectivity index (χ4n) is 2.16. The molecule has 0 radical (unpaired) electrons. The van der Waals surface area contributed by atoms with Crippen LogP contribution in [0.2, 0.25) is 0 Å². The summed E-state index contributed by atoms with van der Waals surface area (Å²) in [6.07, 6.45) is 1.66. The second-order valence-electron chi connectivity index (χ2n) is 4.84. The number of anilines is 1. The van der Waals surface area contributed by atoms with Crippen LogP contribution < -0.4 is 4.90 Å². The molecule has 0 aliphatic heterocycles. The van der Waals surface area contributed by atoms with E-state index < -0.39 is 11.0 Å². The molecule has 0 saturated carbocycles. The number of nitro groups is 1. The van der Waals surface area contributed by atoms with Gasteiger partial charge in [0.05, 0.1) is 24.2 Å². The van der Waals surface area contributed by atoms with Gasteiger partial charge in [0.2, 0.25) is 0 Å². The van der Waals surface area contributed by atoms with Crippen molar-refractivity contribution < 1.29 is 15.1 Å². The van der Waals surface area contributed by atoms with E-state index in [1.165, 1.54) is 10.9 Å². The fourth-order valence-corrected chi connectivity index (χ4v) is 2.16. The second kappa shape index (κ2) is 7.53. The van der Waals surface area contributed by atoms with Gasteiger partial charge < -0.3 is 15.1 Å². The SMILES string of the molecule is O=[N+]([O-])c1cnn(CC(O)CN(CCO)c2ccccc2)c1. The van der Waals surface area contributed by atoms with Crippen LogP contribution in [0, 0.1) is 10.1 Å². The van der Waals surface area contributed by atoms with E-state index in [0.29, 0.717) is 6.54 Å². The monoisotopic (exact) mass is 306 g/mol. The van der Waals surface area contributed by atoms with Crippen molar-refractivity contribution >= 4 is 11.4 Å². The summed E-state index contributed by atoms with van der Waals surface area (Å²) >= 11 is 0. The summed E-state index contributed by atoms with van der Waals surface area (Å²) in [4.78, 5) is 11.9. The Morgan fingerprint density at radius 3 is 2.68 bits per heavy atom. The zero-order chi connectivity index (χ0) is 15.9. The predicted molar refractivity (Wildman–Crippen MR) is 80.6 cm³/mol. The van der Waals surface area contributed by atoms with Crippen molar-refractivity contribution in [3.8, 4) is 0 Å². The maximum absolute atomic E-state index is 10.6. The van der Waals surface area contributed by atoms with Crippen molar-refractivity contribution in [1.29, 1.82) is 0 Å². The molecule has 1 atom stereocenters. The minimum absolute atomic E-state index is 0.0329. The van der Waals surface area contributed by atoms with Crippen molar-refractivity contribution in [2.75, 3.05) is 24.6 Å². The Morgan fingerprint density at radius 2 is 2.09 bits per heavy atom. The average Bonchev–Trinajstić information content (AvgIpc) is 2.96.